The van der Waals surface area contributed by atoms with Gasteiger partial charge in [0.05, 0.1) is 11.5 Å². The second kappa shape index (κ2) is 7.78. The largest absolute Gasteiger partial charge is 0.484 e. The van der Waals surface area contributed by atoms with Crippen LogP contribution in [-0.2, 0) is 6.54 Å². The highest BCUT2D eigenvalue weighted by molar-refractivity contribution is 5.48. The van der Waals surface area contributed by atoms with Gasteiger partial charge in [0.1, 0.15) is 12.7 Å². The van der Waals surface area contributed by atoms with E-state index in [1.54, 1.807) is 6.07 Å². The Morgan fingerprint density at radius 2 is 2.15 bits per heavy atom. The van der Waals surface area contributed by atoms with Gasteiger partial charge in [0, 0.05) is 18.7 Å². The van der Waals surface area contributed by atoms with E-state index < -0.39 is 17.6 Å². The minimum absolute atomic E-state index is 0.0794. The lowest BCUT2D eigenvalue weighted by Crippen LogP contribution is -2.22. The zero-order valence-corrected chi connectivity index (χ0v) is 11.6. The summed E-state index contributed by atoms with van der Waals surface area (Å²) in [6, 6.07) is 4.95. The minimum Gasteiger partial charge on any atom is -0.484 e. The Kier molecular flexibility index (Phi) is 6.37. The van der Waals surface area contributed by atoms with Crippen molar-refractivity contribution in [3.05, 3.63) is 33.9 Å². The van der Waals surface area contributed by atoms with Crippen LogP contribution in [0.25, 0.3) is 0 Å². The predicted octanol–water partition coefficient (Wildman–Crippen LogP) is 0.825. The zero-order valence-electron chi connectivity index (χ0n) is 11.6. The first-order valence-corrected chi connectivity index (χ1v) is 6.36. The number of hydrogen-bond donors (Lipinski definition) is 3. The molecule has 0 bridgehead atoms. The number of rotatable bonds is 8. The molecule has 0 aliphatic rings. The summed E-state index contributed by atoms with van der Waals surface area (Å²) < 4.78 is 5.16. The normalized spacial score (nSPS) is 12.4. The highest BCUT2D eigenvalue weighted by Gasteiger charge is 2.17. The highest BCUT2D eigenvalue weighted by Crippen LogP contribution is 2.28. The van der Waals surface area contributed by atoms with Crippen LogP contribution in [0.4, 0.5) is 5.69 Å². The summed E-state index contributed by atoms with van der Waals surface area (Å²) in [6.45, 7) is 3.85. The molecule has 1 atom stereocenters. The molecule has 0 saturated carbocycles. The fourth-order valence-corrected chi connectivity index (χ4v) is 1.50. The maximum absolute atomic E-state index is 11.0. The summed E-state index contributed by atoms with van der Waals surface area (Å²) in [7, 11) is 0. The number of nitro groups is 1. The molecule has 0 spiro atoms. The second-order valence-electron chi connectivity index (χ2n) is 4.74. The van der Waals surface area contributed by atoms with E-state index in [1.165, 1.54) is 12.1 Å². The SMILES string of the molecule is CC(C)NCc1ccc(OCC(O)CO)c([N+](=O)[O-])c1. The molecular weight excluding hydrogens is 264 g/mol. The molecule has 7 nitrogen and oxygen atoms in total. The van der Waals surface area contributed by atoms with Crippen molar-refractivity contribution in [1.82, 2.24) is 5.32 Å². The Morgan fingerprint density at radius 3 is 2.70 bits per heavy atom. The van der Waals surface area contributed by atoms with Crippen molar-refractivity contribution in [1.29, 1.82) is 0 Å². The molecule has 0 heterocycles. The monoisotopic (exact) mass is 284 g/mol. The number of ether oxygens (including phenoxy) is 1. The van der Waals surface area contributed by atoms with Crippen LogP contribution in [0.2, 0.25) is 0 Å². The third-order valence-corrected chi connectivity index (χ3v) is 2.58. The smallest absolute Gasteiger partial charge is 0.311 e. The Morgan fingerprint density at radius 1 is 1.45 bits per heavy atom. The van der Waals surface area contributed by atoms with E-state index in [0.29, 0.717) is 6.54 Å². The van der Waals surface area contributed by atoms with Crippen molar-refractivity contribution in [2.24, 2.45) is 0 Å². The molecule has 1 unspecified atom stereocenters. The molecule has 112 valence electrons. The molecule has 1 aromatic carbocycles. The molecule has 0 saturated heterocycles. The summed E-state index contributed by atoms with van der Waals surface area (Å²) in [4.78, 5) is 10.5. The lowest BCUT2D eigenvalue weighted by molar-refractivity contribution is -0.386. The molecule has 3 N–H and O–H groups in total. The van der Waals surface area contributed by atoms with Crippen molar-refractivity contribution in [3.63, 3.8) is 0 Å². The third-order valence-electron chi connectivity index (χ3n) is 2.58. The van der Waals surface area contributed by atoms with Gasteiger partial charge in [-0.25, -0.2) is 0 Å². The molecule has 7 heteroatoms. The minimum atomic E-state index is -1.06. The summed E-state index contributed by atoms with van der Waals surface area (Å²) in [5.74, 6) is 0.0794. The molecule has 20 heavy (non-hydrogen) atoms. The number of hydrogen-bond acceptors (Lipinski definition) is 6. The van der Waals surface area contributed by atoms with Gasteiger partial charge >= 0.3 is 5.69 Å². The van der Waals surface area contributed by atoms with Gasteiger partial charge < -0.3 is 20.3 Å². The van der Waals surface area contributed by atoms with E-state index in [1.807, 2.05) is 13.8 Å². The highest BCUT2D eigenvalue weighted by atomic mass is 16.6. The van der Waals surface area contributed by atoms with Crippen molar-refractivity contribution >= 4 is 5.69 Å². The fourth-order valence-electron chi connectivity index (χ4n) is 1.50. The van der Waals surface area contributed by atoms with E-state index in [-0.39, 0.29) is 24.1 Å². The van der Waals surface area contributed by atoms with Crippen molar-refractivity contribution in [3.8, 4) is 5.75 Å². The number of aliphatic hydroxyl groups excluding tert-OH is 2. The zero-order chi connectivity index (χ0) is 15.1. The van der Waals surface area contributed by atoms with E-state index in [4.69, 9.17) is 9.84 Å². The van der Waals surface area contributed by atoms with Gasteiger partial charge in [-0.05, 0) is 11.6 Å². The van der Waals surface area contributed by atoms with Crippen molar-refractivity contribution in [2.45, 2.75) is 32.5 Å². The number of benzene rings is 1. The maximum atomic E-state index is 11.0. The molecular formula is C13H20N2O5. The quantitative estimate of drug-likeness (QED) is 0.482. The van der Waals surface area contributed by atoms with Gasteiger partial charge in [-0.3, -0.25) is 10.1 Å². The van der Waals surface area contributed by atoms with E-state index >= 15 is 0 Å². The van der Waals surface area contributed by atoms with E-state index in [2.05, 4.69) is 5.32 Å². The molecule has 1 aromatic rings. The van der Waals surface area contributed by atoms with Crippen LogP contribution < -0.4 is 10.1 Å². The van der Waals surface area contributed by atoms with Gasteiger partial charge in [0.15, 0.2) is 5.75 Å². The van der Waals surface area contributed by atoms with Crippen molar-refractivity contribution < 1.29 is 19.9 Å². The lowest BCUT2D eigenvalue weighted by Gasteiger charge is -2.12. The first-order valence-electron chi connectivity index (χ1n) is 6.36. The first kappa shape index (κ1) is 16.4. The van der Waals surface area contributed by atoms with Crippen molar-refractivity contribution in [2.75, 3.05) is 13.2 Å². The number of nitro benzene ring substituents is 1. The Labute approximate surface area is 117 Å². The average molecular weight is 284 g/mol. The molecule has 0 radical (unpaired) electrons. The number of nitrogens with one attached hydrogen (secondary N) is 1. The van der Waals surface area contributed by atoms with Gasteiger partial charge in [-0.2, -0.15) is 0 Å². The molecule has 0 fully saturated rings. The Balaban J connectivity index is 2.82. The third kappa shape index (κ3) is 5.12. The van der Waals surface area contributed by atoms with Gasteiger partial charge in [0.25, 0.3) is 0 Å². The summed E-state index contributed by atoms with van der Waals surface area (Å²) in [5, 5.41) is 32.1. The van der Waals surface area contributed by atoms with Crippen LogP contribution in [-0.4, -0.2) is 40.5 Å². The van der Waals surface area contributed by atoms with Crippen LogP contribution in [0, 0.1) is 10.1 Å². The molecule has 0 aromatic heterocycles. The lowest BCUT2D eigenvalue weighted by atomic mass is 10.1. The van der Waals surface area contributed by atoms with Crippen LogP contribution in [0.15, 0.2) is 18.2 Å². The molecule has 0 aliphatic heterocycles. The second-order valence-corrected chi connectivity index (χ2v) is 4.74. The van der Waals surface area contributed by atoms with E-state index in [0.717, 1.165) is 5.56 Å². The fraction of sp³-hybridized carbons (Fsp3) is 0.538. The van der Waals surface area contributed by atoms with Gasteiger partial charge in [-0.1, -0.05) is 19.9 Å². The maximum Gasteiger partial charge on any atom is 0.311 e. The molecule has 0 amide bonds. The Bertz CT molecular complexity index is 450. The summed E-state index contributed by atoms with van der Waals surface area (Å²) in [5.41, 5.74) is 0.624. The number of nitrogens with zero attached hydrogens (tertiary/aromatic N) is 1. The first-order chi connectivity index (χ1) is 9.43. The summed E-state index contributed by atoms with van der Waals surface area (Å²) in [6.07, 6.45) is -1.06. The van der Waals surface area contributed by atoms with Crippen LogP contribution >= 0.6 is 0 Å². The van der Waals surface area contributed by atoms with Crippen LogP contribution in [0.1, 0.15) is 19.4 Å². The predicted molar refractivity (Wildman–Crippen MR) is 73.7 cm³/mol. The number of aliphatic hydroxyl groups is 2. The van der Waals surface area contributed by atoms with E-state index in [9.17, 15) is 15.2 Å². The standard InChI is InChI=1S/C13H20N2O5/c1-9(2)14-6-10-3-4-13(12(5-10)15(18)19)20-8-11(17)7-16/h3-5,9,11,14,16-17H,6-8H2,1-2H3. The summed E-state index contributed by atoms with van der Waals surface area (Å²) >= 11 is 0. The van der Waals surface area contributed by atoms with Crippen LogP contribution in [0.5, 0.6) is 5.75 Å². The Hall–Kier alpha value is -1.70. The van der Waals surface area contributed by atoms with Gasteiger partial charge in [-0.15, -0.1) is 0 Å². The van der Waals surface area contributed by atoms with Gasteiger partial charge in [0.2, 0.25) is 0 Å². The molecule has 0 aliphatic carbocycles. The van der Waals surface area contributed by atoms with Crippen LogP contribution in [0.3, 0.4) is 0 Å². The molecule has 1 rings (SSSR count). The topological polar surface area (TPSA) is 105 Å². The average Bonchev–Trinajstić information content (AvgIpc) is 2.42.